The van der Waals surface area contributed by atoms with Crippen LogP contribution >= 0.6 is 0 Å². The largest absolute Gasteiger partial charge is 0.508 e. The molecule has 0 bridgehead atoms. The van der Waals surface area contributed by atoms with Crippen molar-refractivity contribution in [3.8, 4) is 5.75 Å². The molecular weight excluding hydrogens is 645 g/mol. The van der Waals surface area contributed by atoms with Gasteiger partial charge in [0, 0.05) is 36.7 Å². The fourth-order valence-corrected chi connectivity index (χ4v) is 7.86. The molecule has 53 heavy (non-hydrogen) atoms. The van der Waals surface area contributed by atoms with E-state index in [1.807, 2.05) is 12.1 Å². The quantitative estimate of drug-likeness (QED) is 0.180. The number of fused-ring (bicyclic) bond motifs is 1. The van der Waals surface area contributed by atoms with Crippen LogP contribution in [0.4, 0.5) is 0 Å². The van der Waals surface area contributed by atoms with E-state index < -0.39 is 0 Å². The van der Waals surface area contributed by atoms with Gasteiger partial charge in [-0.2, -0.15) is 0 Å². The van der Waals surface area contributed by atoms with Crippen LogP contribution in [0.15, 0.2) is 142 Å². The maximum Gasteiger partial charge on any atom is 0.116 e. The molecule has 0 radical (unpaired) electrons. The van der Waals surface area contributed by atoms with Crippen LogP contribution in [-0.2, 0) is 6.42 Å². The van der Waals surface area contributed by atoms with Crippen LogP contribution in [0.1, 0.15) is 113 Å². The summed E-state index contributed by atoms with van der Waals surface area (Å²) in [6, 6.07) is 5.56. The summed E-state index contributed by atoms with van der Waals surface area (Å²) in [4.78, 5) is 5.87. The summed E-state index contributed by atoms with van der Waals surface area (Å²) in [5.74, 6) is 0.306. The number of nitrogens with zero attached hydrogens (tertiary/aromatic N) is 1. The van der Waals surface area contributed by atoms with E-state index in [1.165, 1.54) is 88.7 Å². The SMILES string of the molecule is CC(C=CC1=C(C)CCCC1(C)C)=CC=CC(C)=CCN(CC=C(C)C=CC=C(C)C=CC1=C(C)CCCC1(C)C)CCc1c[nH]c2ccc(O)cc12. The number of allylic oxidation sites excluding steroid dienone is 18. The van der Waals surface area contributed by atoms with Gasteiger partial charge in [0.05, 0.1) is 0 Å². The number of aromatic hydroxyl groups is 1. The third kappa shape index (κ3) is 12.8. The Bertz CT molecular complexity index is 1790. The number of aromatic nitrogens is 1. The number of phenolic OH excluding ortho intramolecular Hbond substituents is 1. The normalized spacial score (nSPS) is 19.5. The summed E-state index contributed by atoms with van der Waals surface area (Å²) in [7, 11) is 0. The standard InChI is InChI=1S/C50H68N2O/c1-37(21-24-46-41(5)19-13-30-49(46,7)8)15-11-17-39(3)27-32-52(34-29-43-36-51-48-26-23-44(53)35-45(43)48)33-28-40(4)18-12-16-38(2)22-25-47-42(6)20-14-31-50(47,9)10/h11-12,15-18,21-28,35-36,51,53H,13-14,19-20,29-34H2,1-10H3. The first-order valence-corrected chi connectivity index (χ1v) is 20.0. The zero-order valence-corrected chi connectivity index (χ0v) is 34.7. The van der Waals surface area contributed by atoms with Crippen molar-refractivity contribution in [2.24, 2.45) is 10.8 Å². The van der Waals surface area contributed by atoms with E-state index in [4.69, 9.17) is 0 Å². The number of hydrogen-bond acceptors (Lipinski definition) is 2. The third-order valence-corrected chi connectivity index (χ3v) is 11.3. The van der Waals surface area contributed by atoms with E-state index in [9.17, 15) is 5.11 Å². The van der Waals surface area contributed by atoms with Crippen LogP contribution in [0.25, 0.3) is 10.9 Å². The van der Waals surface area contributed by atoms with Gasteiger partial charge in [-0.25, -0.2) is 0 Å². The molecule has 1 heterocycles. The van der Waals surface area contributed by atoms with Gasteiger partial charge in [0.1, 0.15) is 5.75 Å². The van der Waals surface area contributed by atoms with Gasteiger partial charge in [-0.3, -0.25) is 4.90 Å². The van der Waals surface area contributed by atoms with Crippen LogP contribution in [0.5, 0.6) is 5.75 Å². The van der Waals surface area contributed by atoms with E-state index in [0.717, 1.165) is 37.0 Å². The zero-order valence-electron chi connectivity index (χ0n) is 34.7. The van der Waals surface area contributed by atoms with Crippen molar-refractivity contribution in [2.75, 3.05) is 19.6 Å². The number of nitrogens with one attached hydrogen (secondary N) is 1. The van der Waals surface area contributed by atoms with Gasteiger partial charge < -0.3 is 10.1 Å². The topological polar surface area (TPSA) is 39.3 Å². The highest BCUT2D eigenvalue weighted by atomic mass is 16.3. The van der Waals surface area contributed by atoms with Gasteiger partial charge in [0.25, 0.3) is 0 Å². The van der Waals surface area contributed by atoms with E-state index in [-0.39, 0.29) is 10.8 Å². The van der Waals surface area contributed by atoms with E-state index in [1.54, 1.807) is 6.07 Å². The summed E-state index contributed by atoms with van der Waals surface area (Å²) in [5.41, 5.74) is 13.9. The van der Waals surface area contributed by atoms with Crippen molar-refractivity contribution in [1.29, 1.82) is 0 Å². The second-order valence-electron chi connectivity index (χ2n) is 17.0. The second kappa shape index (κ2) is 19.3. The Morgan fingerprint density at radius 3 is 1.74 bits per heavy atom. The van der Waals surface area contributed by atoms with E-state index in [0.29, 0.717) is 5.75 Å². The van der Waals surface area contributed by atoms with Gasteiger partial charge in [-0.05, 0) is 132 Å². The van der Waals surface area contributed by atoms with Crippen molar-refractivity contribution in [3.05, 3.63) is 147 Å². The Morgan fingerprint density at radius 1 is 0.736 bits per heavy atom. The molecule has 3 nitrogen and oxygen atoms in total. The zero-order chi connectivity index (χ0) is 38.6. The molecule has 1 aromatic heterocycles. The molecule has 2 aliphatic carbocycles. The highest BCUT2D eigenvalue weighted by Crippen LogP contribution is 2.42. The van der Waals surface area contributed by atoms with E-state index >= 15 is 0 Å². The lowest BCUT2D eigenvalue weighted by molar-refractivity contribution is 0.339. The first kappa shape index (κ1) is 41.7. The summed E-state index contributed by atoms with van der Waals surface area (Å²) in [6.07, 6.45) is 37.6. The molecule has 0 unspecified atom stereocenters. The molecule has 0 atom stereocenters. The Balaban J connectivity index is 1.42. The lowest BCUT2D eigenvalue weighted by atomic mass is 9.72. The predicted octanol–water partition coefficient (Wildman–Crippen LogP) is 13.8. The Kier molecular flexibility index (Phi) is 15.2. The molecule has 0 saturated heterocycles. The molecule has 2 N–H and O–H groups in total. The first-order valence-electron chi connectivity index (χ1n) is 20.0. The maximum absolute atomic E-state index is 10.1. The number of phenols is 1. The molecule has 0 spiro atoms. The van der Waals surface area contributed by atoms with Crippen LogP contribution in [-0.4, -0.2) is 34.6 Å². The van der Waals surface area contributed by atoms with Gasteiger partial charge >= 0.3 is 0 Å². The third-order valence-electron chi connectivity index (χ3n) is 11.3. The first-order chi connectivity index (χ1) is 25.1. The summed E-state index contributed by atoms with van der Waals surface area (Å²) >= 11 is 0. The lowest BCUT2D eigenvalue weighted by Gasteiger charge is -2.33. The number of hydrogen-bond donors (Lipinski definition) is 2. The predicted molar refractivity (Wildman–Crippen MR) is 232 cm³/mol. The molecular formula is C50H68N2O. The van der Waals surface area contributed by atoms with Gasteiger partial charge in [0.15, 0.2) is 0 Å². The molecule has 1 aromatic carbocycles. The number of rotatable bonds is 15. The average molecular weight is 713 g/mol. The second-order valence-corrected chi connectivity index (χ2v) is 17.0. The molecule has 284 valence electrons. The van der Waals surface area contributed by atoms with Crippen molar-refractivity contribution < 1.29 is 5.11 Å². The highest BCUT2D eigenvalue weighted by molar-refractivity contribution is 5.84. The number of aromatic amines is 1. The molecule has 4 rings (SSSR count). The van der Waals surface area contributed by atoms with Gasteiger partial charge in [0.2, 0.25) is 0 Å². The highest BCUT2D eigenvalue weighted by Gasteiger charge is 2.27. The Labute approximate surface area is 322 Å². The van der Waals surface area contributed by atoms with Crippen LogP contribution < -0.4 is 0 Å². The van der Waals surface area contributed by atoms with Crippen LogP contribution in [0.2, 0.25) is 0 Å². The molecule has 0 amide bonds. The maximum atomic E-state index is 10.1. The fourth-order valence-electron chi connectivity index (χ4n) is 7.86. The smallest absolute Gasteiger partial charge is 0.116 e. The molecule has 3 heteroatoms. The fraction of sp³-hybridized carbons (Fsp3) is 0.440. The van der Waals surface area contributed by atoms with Crippen molar-refractivity contribution in [3.63, 3.8) is 0 Å². The minimum atomic E-state index is 0.261. The number of H-pyrrole nitrogens is 1. The number of benzene rings is 1. The Morgan fingerprint density at radius 2 is 1.25 bits per heavy atom. The summed E-state index contributed by atoms with van der Waals surface area (Å²) in [6.45, 7) is 25.5. The molecule has 2 aliphatic rings. The molecule has 0 fully saturated rings. The molecule has 0 saturated carbocycles. The van der Waals surface area contributed by atoms with Crippen LogP contribution in [0, 0.1) is 10.8 Å². The van der Waals surface area contributed by atoms with E-state index in [2.05, 4.69) is 158 Å². The monoisotopic (exact) mass is 713 g/mol. The molecule has 2 aromatic rings. The van der Waals surface area contributed by atoms with Crippen molar-refractivity contribution in [1.82, 2.24) is 9.88 Å². The minimum absolute atomic E-state index is 0.261. The van der Waals surface area contributed by atoms with Gasteiger partial charge in [-0.1, -0.05) is 134 Å². The van der Waals surface area contributed by atoms with Crippen LogP contribution in [0.3, 0.4) is 0 Å². The lowest BCUT2D eigenvalue weighted by Crippen LogP contribution is -2.27. The average Bonchev–Trinajstić information content (AvgIpc) is 3.48. The van der Waals surface area contributed by atoms with Crippen molar-refractivity contribution >= 4 is 10.9 Å². The molecule has 0 aliphatic heterocycles. The summed E-state index contributed by atoms with van der Waals surface area (Å²) in [5, 5.41) is 11.2. The Hall–Kier alpha value is -4.08. The van der Waals surface area contributed by atoms with Crippen molar-refractivity contribution in [2.45, 2.75) is 114 Å². The summed E-state index contributed by atoms with van der Waals surface area (Å²) < 4.78 is 0. The van der Waals surface area contributed by atoms with Gasteiger partial charge in [-0.15, -0.1) is 0 Å². The minimum Gasteiger partial charge on any atom is -0.508 e.